The molecule has 0 unspecified atom stereocenters. The van der Waals surface area contributed by atoms with Gasteiger partial charge >= 0.3 is 0 Å². The Morgan fingerprint density at radius 1 is 1.46 bits per heavy atom. The molecule has 0 spiro atoms. The molecule has 0 aliphatic rings. The van der Waals surface area contributed by atoms with E-state index in [2.05, 4.69) is 15.5 Å². The molecule has 0 atom stereocenters. The number of anilines is 1. The molecule has 1 aromatic heterocycles. The van der Waals surface area contributed by atoms with Crippen LogP contribution in [0.1, 0.15) is 12.5 Å². The number of hydrogen-bond acceptors (Lipinski definition) is 7. The number of amides is 1. The minimum atomic E-state index is -0.435. The third-order valence-electron chi connectivity index (χ3n) is 3.12. The molecule has 0 saturated heterocycles. The van der Waals surface area contributed by atoms with Crippen molar-refractivity contribution in [1.29, 1.82) is 0 Å². The molecule has 1 N–H and O–H groups in total. The van der Waals surface area contributed by atoms with Crippen molar-refractivity contribution < 1.29 is 13.9 Å². The van der Waals surface area contributed by atoms with Crippen LogP contribution < -0.4 is 10.1 Å². The largest absolute Gasteiger partial charge is 0.494 e. The Hall–Kier alpha value is -1.87. The zero-order valence-electron chi connectivity index (χ0n) is 13.7. The lowest BCUT2D eigenvalue weighted by atomic mass is 10.2. The number of hydrogen-bond donors (Lipinski definition) is 1. The van der Waals surface area contributed by atoms with E-state index in [1.165, 1.54) is 36.3 Å². The molecular weight excluding hydrogens is 351 g/mol. The molecule has 1 aromatic carbocycles. The number of nitrogens with zero attached hydrogens (tertiary/aromatic N) is 3. The van der Waals surface area contributed by atoms with Crippen LogP contribution in [0.2, 0.25) is 0 Å². The van der Waals surface area contributed by atoms with Crippen molar-refractivity contribution >= 4 is 34.1 Å². The van der Waals surface area contributed by atoms with Crippen LogP contribution in [0, 0.1) is 5.82 Å². The van der Waals surface area contributed by atoms with Crippen LogP contribution in [0.25, 0.3) is 0 Å². The lowest BCUT2D eigenvalue weighted by Gasteiger charge is -2.17. The van der Waals surface area contributed by atoms with Gasteiger partial charge in [-0.3, -0.25) is 4.79 Å². The molecule has 2 aromatic rings. The number of methoxy groups -OCH3 is 1. The number of carbonyl (C=O) groups excluding carboxylic acids is 1. The highest BCUT2D eigenvalue weighted by atomic mass is 32.2. The number of ether oxygens (including phenoxy) is 1. The minimum Gasteiger partial charge on any atom is -0.494 e. The van der Waals surface area contributed by atoms with Gasteiger partial charge in [-0.25, -0.2) is 4.39 Å². The molecule has 0 aliphatic carbocycles. The Balaban J connectivity index is 1.86. The van der Waals surface area contributed by atoms with E-state index in [-0.39, 0.29) is 17.4 Å². The molecule has 0 bridgehead atoms. The highest BCUT2D eigenvalue weighted by Gasteiger charge is 2.13. The van der Waals surface area contributed by atoms with E-state index in [1.54, 1.807) is 24.1 Å². The molecule has 6 nitrogen and oxygen atoms in total. The molecule has 0 saturated carbocycles. The third kappa shape index (κ3) is 5.07. The lowest BCUT2D eigenvalue weighted by Crippen LogP contribution is -2.27. The first-order valence-electron chi connectivity index (χ1n) is 7.30. The molecule has 9 heteroatoms. The number of benzene rings is 1. The Bertz CT molecular complexity index is 696. The van der Waals surface area contributed by atoms with Gasteiger partial charge in [0.05, 0.1) is 12.9 Å². The summed E-state index contributed by atoms with van der Waals surface area (Å²) in [6.07, 6.45) is 0. The van der Waals surface area contributed by atoms with Crippen LogP contribution in [0.3, 0.4) is 0 Å². The van der Waals surface area contributed by atoms with Crippen molar-refractivity contribution in [2.24, 2.45) is 0 Å². The molecule has 0 radical (unpaired) electrons. The van der Waals surface area contributed by atoms with Crippen molar-refractivity contribution in [1.82, 2.24) is 15.1 Å². The fourth-order valence-electron chi connectivity index (χ4n) is 1.89. The summed E-state index contributed by atoms with van der Waals surface area (Å²) < 4.78 is 19.3. The van der Waals surface area contributed by atoms with Gasteiger partial charge in [-0.1, -0.05) is 29.2 Å². The van der Waals surface area contributed by atoms with E-state index in [9.17, 15) is 9.18 Å². The highest BCUT2D eigenvalue weighted by Crippen LogP contribution is 2.25. The molecule has 1 heterocycles. The predicted octanol–water partition coefficient (Wildman–Crippen LogP) is 2.87. The van der Waals surface area contributed by atoms with Gasteiger partial charge in [-0.15, -0.1) is 10.2 Å². The van der Waals surface area contributed by atoms with E-state index < -0.39 is 5.82 Å². The maximum absolute atomic E-state index is 13.7. The summed E-state index contributed by atoms with van der Waals surface area (Å²) in [5.41, 5.74) is 0.708. The summed E-state index contributed by atoms with van der Waals surface area (Å²) in [7, 11) is 3.11. The summed E-state index contributed by atoms with van der Waals surface area (Å²) in [6.45, 7) is 3.09. The number of rotatable bonds is 8. The van der Waals surface area contributed by atoms with Crippen molar-refractivity contribution in [2.45, 2.75) is 17.8 Å². The maximum atomic E-state index is 13.7. The molecule has 1 amide bonds. The zero-order valence-corrected chi connectivity index (χ0v) is 15.3. The van der Waals surface area contributed by atoms with Gasteiger partial charge in [0.1, 0.15) is 0 Å². The van der Waals surface area contributed by atoms with Gasteiger partial charge in [0.25, 0.3) is 0 Å². The second-order valence-electron chi connectivity index (χ2n) is 4.91. The summed E-state index contributed by atoms with van der Waals surface area (Å²) >= 11 is 2.76. The average Bonchev–Trinajstić information content (AvgIpc) is 3.00. The van der Waals surface area contributed by atoms with Crippen LogP contribution >= 0.6 is 23.1 Å². The van der Waals surface area contributed by atoms with Crippen molar-refractivity contribution in [3.63, 3.8) is 0 Å². The number of halogens is 1. The van der Waals surface area contributed by atoms with E-state index >= 15 is 0 Å². The molecule has 0 aliphatic heterocycles. The standard InChI is InChI=1S/C15H19FN4O2S2/c1-4-17-14-18-19-15(24-14)23-9-13(21)20(2)8-10-5-6-12(22-3)11(16)7-10/h5-7H,4,8-9H2,1-3H3,(H,17,18). The summed E-state index contributed by atoms with van der Waals surface area (Å²) in [5.74, 6) is -0.0434. The van der Waals surface area contributed by atoms with Crippen molar-refractivity contribution in [2.75, 3.05) is 31.8 Å². The Kier molecular flexibility index (Phi) is 6.80. The normalized spacial score (nSPS) is 10.5. The van der Waals surface area contributed by atoms with Gasteiger partial charge in [-0.2, -0.15) is 0 Å². The van der Waals surface area contributed by atoms with Crippen LogP contribution in [0.15, 0.2) is 22.5 Å². The van der Waals surface area contributed by atoms with Gasteiger partial charge in [-0.05, 0) is 24.6 Å². The number of nitrogens with one attached hydrogen (secondary N) is 1. The first-order chi connectivity index (χ1) is 11.5. The summed E-state index contributed by atoms with van der Waals surface area (Å²) in [5, 5.41) is 11.8. The topological polar surface area (TPSA) is 67.4 Å². The Morgan fingerprint density at radius 2 is 2.25 bits per heavy atom. The SMILES string of the molecule is CCNc1nnc(SCC(=O)N(C)Cc2ccc(OC)c(F)c2)s1. The Labute approximate surface area is 148 Å². The van der Waals surface area contributed by atoms with Crippen molar-refractivity contribution in [3.8, 4) is 5.75 Å². The molecule has 0 fully saturated rings. The zero-order chi connectivity index (χ0) is 17.5. The minimum absolute atomic E-state index is 0.0589. The molecule has 2 rings (SSSR count). The Morgan fingerprint density at radius 3 is 2.92 bits per heavy atom. The van der Waals surface area contributed by atoms with E-state index in [4.69, 9.17) is 4.74 Å². The summed E-state index contributed by atoms with van der Waals surface area (Å²) in [4.78, 5) is 13.7. The maximum Gasteiger partial charge on any atom is 0.233 e. The highest BCUT2D eigenvalue weighted by molar-refractivity contribution is 8.01. The van der Waals surface area contributed by atoms with Crippen molar-refractivity contribution in [3.05, 3.63) is 29.6 Å². The monoisotopic (exact) mass is 370 g/mol. The van der Waals surface area contributed by atoms with Gasteiger partial charge < -0.3 is 15.0 Å². The average molecular weight is 370 g/mol. The van der Waals surface area contributed by atoms with E-state index in [0.29, 0.717) is 12.1 Å². The predicted molar refractivity (Wildman–Crippen MR) is 94.2 cm³/mol. The van der Waals surface area contributed by atoms with Crippen LogP contribution in [-0.2, 0) is 11.3 Å². The van der Waals surface area contributed by atoms with Gasteiger partial charge in [0.2, 0.25) is 11.0 Å². The van der Waals surface area contributed by atoms with Gasteiger partial charge in [0.15, 0.2) is 15.9 Å². The lowest BCUT2D eigenvalue weighted by molar-refractivity contribution is -0.127. The molecule has 24 heavy (non-hydrogen) atoms. The summed E-state index contributed by atoms with van der Waals surface area (Å²) in [6, 6.07) is 4.68. The van der Waals surface area contributed by atoms with Crippen LogP contribution in [-0.4, -0.2) is 47.5 Å². The number of thioether (sulfide) groups is 1. The van der Waals surface area contributed by atoms with Crippen LogP contribution in [0.4, 0.5) is 9.52 Å². The third-order valence-corrected chi connectivity index (χ3v) is 5.11. The second-order valence-corrected chi connectivity index (χ2v) is 7.11. The molecule has 130 valence electrons. The number of carbonyl (C=O) groups is 1. The second kappa shape index (κ2) is 8.84. The quantitative estimate of drug-likeness (QED) is 0.721. The fraction of sp³-hybridized carbons (Fsp3) is 0.400. The molecular formula is C15H19FN4O2S2. The first-order valence-corrected chi connectivity index (χ1v) is 9.10. The number of aromatic nitrogens is 2. The van der Waals surface area contributed by atoms with Gasteiger partial charge in [0, 0.05) is 20.1 Å². The van der Waals surface area contributed by atoms with Crippen LogP contribution in [0.5, 0.6) is 5.75 Å². The van der Waals surface area contributed by atoms with E-state index in [0.717, 1.165) is 16.0 Å². The first kappa shape index (κ1) is 18.5. The smallest absolute Gasteiger partial charge is 0.233 e. The fourth-order valence-corrected chi connectivity index (χ4v) is 3.66. The van der Waals surface area contributed by atoms with E-state index in [1.807, 2.05) is 6.92 Å².